The molecule has 0 unspecified atom stereocenters. The molecule has 0 aliphatic heterocycles. The van der Waals surface area contributed by atoms with Crippen molar-refractivity contribution in [3.8, 4) is 5.75 Å². The molecular formula is C19H31O6PS. The predicted molar refractivity (Wildman–Crippen MR) is 109 cm³/mol. The molecule has 0 fully saturated rings. The molecule has 0 atom stereocenters. The van der Waals surface area contributed by atoms with E-state index in [0.29, 0.717) is 25.6 Å². The van der Waals surface area contributed by atoms with E-state index in [4.69, 9.17) is 18.5 Å². The number of aryl methyl sites for hydroxylation is 1. The van der Waals surface area contributed by atoms with Gasteiger partial charge in [0, 0.05) is 10.5 Å². The van der Waals surface area contributed by atoms with Gasteiger partial charge in [-0.2, -0.15) is 0 Å². The number of carbonyl (C=O) groups is 1. The molecule has 154 valence electrons. The molecule has 0 N–H and O–H groups in total. The molecule has 8 heteroatoms. The van der Waals surface area contributed by atoms with Gasteiger partial charge in [0.05, 0.1) is 19.8 Å². The van der Waals surface area contributed by atoms with Crippen LogP contribution in [0.4, 0.5) is 0 Å². The quantitative estimate of drug-likeness (QED) is 0.256. The second kappa shape index (κ2) is 11.7. The van der Waals surface area contributed by atoms with Crippen LogP contribution in [-0.2, 0) is 23.1 Å². The van der Waals surface area contributed by atoms with Crippen molar-refractivity contribution in [1.29, 1.82) is 0 Å². The maximum Gasteiger partial charge on any atom is 0.344 e. The highest BCUT2D eigenvalue weighted by Gasteiger charge is 2.25. The molecule has 0 saturated heterocycles. The average Bonchev–Trinajstić information content (AvgIpc) is 2.58. The molecule has 0 amide bonds. The first-order chi connectivity index (χ1) is 12.8. The molecule has 1 rings (SSSR count). The zero-order chi connectivity index (χ0) is 20.4. The van der Waals surface area contributed by atoms with Crippen molar-refractivity contribution in [2.24, 2.45) is 0 Å². The van der Waals surface area contributed by atoms with Gasteiger partial charge in [-0.1, -0.05) is 13.8 Å². The van der Waals surface area contributed by atoms with Gasteiger partial charge < -0.3 is 18.5 Å². The van der Waals surface area contributed by atoms with E-state index in [1.807, 2.05) is 19.1 Å². The maximum absolute atomic E-state index is 12.8. The summed E-state index contributed by atoms with van der Waals surface area (Å²) >= 11 is 1.43. The smallest absolute Gasteiger partial charge is 0.344 e. The number of carbonyl (C=O) groups excluding carboxylic acids is 1. The summed E-state index contributed by atoms with van der Waals surface area (Å²) in [6.07, 6.45) is 0. The van der Waals surface area contributed by atoms with E-state index in [9.17, 15) is 9.36 Å². The lowest BCUT2D eigenvalue weighted by atomic mass is 10.0. The SMILES string of the molecule is CCOC(=O)COc1cc(C)cc(SCP(=O)(OCC)OCC)c1C(C)C. The molecule has 1 aromatic rings. The van der Waals surface area contributed by atoms with Crippen LogP contribution in [0.1, 0.15) is 51.7 Å². The van der Waals surface area contributed by atoms with Gasteiger partial charge in [0.2, 0.25) is 0 Å². The van der Waals surface area contributed by atoms with E-state index < -0.39 is 13.6 Å². The van der Waals surface area contributed by atoms with Crippen molar-refractivity contribution in [2.75, 3.05) is 31.9 Å². The van der Waals surface area contributed by atoms with Gasteiger partial charge in [0.1, 0.15) is 11.2 Å². The number of rotatable bonds is 12. The third-order valence-electron chi connectivity index (χ3n) is 3.51. The standard InChI is InChI=1S/C19H31O6PS/c1-7-22-18(20)12-23-16-10-15(6)11-17(19(16)14(4)5)27-13-26(21,24-8-2)25-9-3/h10-11,14H,7-9,12-13H2,1-6H3. The second-order valence-electron chi connectivity index (χ2n) is 6.14. The predicted octanol–water partition coefficient (Wildman–Crippen LogP) is 5.38. The van der Waals surface area contributed by atoms with Crippen LogP contribution < -0.4 is 4.74 Å². The number of ether oxygens (including phenoxy) is 2. The lowest BCUT2D eigenvalue weighted by Crippen LogP contribution is -2.15. The molecule has 0 radical (unpaired) electrons. The minimum absolute atomic E-state index is 0.141. The van der Waals surface area contributed by atoms with Gasteiger partial charge in [0.15, 0.2) is 6.61 Å². The van der Waals surface area contributed by atoms with E-state index >= 15 is 0 Å². The van der Waals surface area contributed by atoms with Crippen molar-refractivity contribution in [2.45, 2.75) is 52.4 Å². The summed E-state index contributed by atoms with van der Waals surface area (Å²) in [6.45, 7) is 12.2. The molecule has 0 bridgehead atoms. The van der Waals surface area contributed by atoms with Gasteiger partial charge in [-0.15, -0.1) is 11.8 Å². The Labute approximate surface area is 166 Å². The van der Waals surface area contributed by atoms with Gasteiger partial charge in [-0.3, -0.25) is 4.57 Å². The lowest BCUT2D eigenvalue weighted by molar-refractivity contribution is -0.145. The first-order valence-electron chi connectivity index (χ1n) is 9.20. The summed E-state index contributed by atoms with van der Waals surface area (Å²) in [5.74, 6) is 0.396. The normalized spacial score (nSPS) is 11.7. The van der Waals surface area contributed by atoms with E-state index in [2.05, 4.69) is 13.8 Å². The van der Waals surface area contributed by atoms with Crippen LogP contribution in [0.15, 0.2) is 17.0 Å². The van der Waals surface area contributed by atoms with E-state index in [0.717, 1.165) is 16.0 Å². The Balaban J connectivity index is 3.08. The molecule has 0 aliphatic carbocycles. The molecule has 27 heavy (non-hydrogen) atoms. The summed E-state index contributed by atoms with van der Waals surface area (Å²) < 4.78 is 34.2. The number of hydrogen-bond acceptors (Lipinski definition) is 7. The van der Waals surface area contributed by atoms with E-state index in [-0.39, 0.29) is 18.0 Å². The maximum atomic E-state index is 12.8. The highest BCUT2D eigenvalue weighted by atomic mass is 32.2. The fourth-order valence-corrected chi connectivity index (χ4v) is 5.94. The second-order valence-corrected chi connectivity index (χ2v) is 9.64. The number of esters is 1. The topological polar surface area (TPSA) is 71.1 Å². The zero-order valence-electron chi connectivity index (χ0n) is 17.1. The summed E-state index contributed by atoms with van der Waals surface area (Å²) in [5, 5.41) is 0. The van der Waals surface area contributed by atoms with Gasteiger partial charge in [0.25, 0.3) is 0 Å². The highest BCUT2D eigenvalue weighted by Crippen LogP contribution is 2.53. The Bertz CT molecular complexity index is 652. The van der Waals surface area contributed by atoms with Crippen LogP contribution in [0, 0.1) is 6.92 Å². The first kappa shape index (κ1) is 24.0. The Hall–Kier alpha value is -1.01. The Morgan fingerprint density at radius 2 is 1.74 bits per heavy atom. The summed E-state index contributed by atoms with van der Waals surface area (Å²) in [6, 6.07) is 3.93. The molecule has 0 aromatic heterocycles. The van der Waals surface area contributed by atoms with Crippen LogP contribution in [0.5, 0.6) is 5.75 Å². The molecule has 0 heterocycles. The Morgan fingerprint density at radius 3 is 2.26 bits per heavy atom. The minimum Gasteiger partial charge on any atom is -0.482 e. The molecule has 6 nitrogen and oxygen atoms in total. The van der Waals surface area contributed by atoms with Crippen LogP contribution in [0.3, 0.4) is 0 Å². The van der Waals surface area contributed by atoms with Gasteiger partial charge >= 0.3 is 13.6 Å². The fourth-order valence-electron chi connectivity index (χ4n) is 2.53. The number of thioether (sulfide) groups is 1. The zero-order valence-corrected chi connectivity index (χ0v) is 18.8. The van der Waals surface area contributed by atoms with Crippen molar-refractivity contribution < 1.29 is 27.9 Å². The third kappa shape index (κ3) is 7.86. The molecule has 1 aromatic carbocycles. The van der Waals surface area contributed by atoms with Crippen molar-refractivity contribution >= 4 is 25.3 Å². The summed E-state index contributed by atoms with van der Waals surface area (Å²) in [4.78, 5) is 12.6. The molecule has 0 aliphatic rings. The van der Waals surface area contributed by atoms with Gasteiger partial charge in [-0.05, 0) is 51.3 Å². The Morgan fingerprint density at radius 1 is 1.11 bits per heavy atom. The largest absolute Gasteiger partial charge is 0.482 e. The van der Waals surface area contributed by atoms with Crippen molar-refractivity contribution in [3.63, 3.8) is 0 Å². The minimum atomic E-state index is -3.16. The van der Waals surface area contributed by atoms with Crippen LogP contribution in [0.2, 0.25) is 0 Å². The van der Waals surface area contributed by atoms with Crippen molar-refractivity contribution in [1.82, 2.24) is 0 Å². The lowest BCUT2D eigenvalue weighted by Gasteiger charge is -2.21. The fraction of sp³-hybridized carbons (Fsp3) is 0.632. The molecule has 0 saturated carbocycles. The summed E-state index contributed by atoms with van der Waals surface area (Å²) in [7, 11) is -3.16. The van der Waals surface area contributed by atoms with Crippen LogP contribution >= 0.6 is 19.4 Å². The molecular weight excluding hydrogens is 387 g/mol. The highest BCUT2D eigenvalue weighted by molar-refractivity contribution is 8.04. The molecule has 0 spiro atoms. The van der Waals surface area contributed by atoms with Crippen LogP contribution in [-0.4, -0.2) is 37.9 Å². The number of benzene rings is 1. The van der Waals surface area contributed by atoms with Crippen molar-refractivity contribution in [3.05, 3.63) is 23.3 Å². The number of hydrogen-bond donors (Lipinski definition) is 0. The third-order valence-corrected chi connectivity index (χ3v) is 7.24. The summed E-state index contributed by atoms with van der Waals surface area (Å²) in [5.41, 5.74) is 2.17. The average molecular weight is 418 g/mol. The van der Waals surface area contributed by atoms with Gasteiger partial charge in [-0.25, -0.2) is 4.79 Å². The monoisotopic (exact) mass is 418 g/mol. The van der Waals surface area contributed by atoms with Crippen LogP contribution in [0.25, 0.3) is 0 Å². The Kier molecular flexibility index (Phi) is 10.5. The van der Waals surface area contributed by atoms with E-state index in [1.54, 1.807) is 20.8 Å². The van der Waals surface area contributed by atoms with E-state index in [1.165, 1.54) is 11.8 Å². The first-order valence-corrected chi connectivity index (χ1v) is 11.9.